The highest BCUT2D eigenvalue weighted by Crippen LogP contribution is 2.38. The van der Waals surface area contributed by atoms with Crippen molar-refractivity contribution >= 4 is 34.3 Å². The number of aryl methyl sites for hydroxylation is 2. The Labute approximate surface area is 236 Å². The number of aromatic nitrogens is 2. The molecule has 7 nitrogen and oxygen atoms in total. The maximum absolute atomic E-state index is 14.0. The lowest BCUT2D eigenvalue weighted by Gasteiger charge is -2.21. The molecule has 40 heavy (non-hydrogen) atoms. The maximum Gasteiger partial charge on any atom is 0.266 e. The number of nitrogens with one attached hydrogen (secondary N) is 1. The monoisotopic (exact) mass is 551 g/mol. The first-order valence-electron chi connectivity index (χ1n) is 12.7. The Morgan fingerprint density at radius 2 is 1.65 bits per heavy atom. The molecule has 1 heterocycles. The van der Waals surface area contributed by atoms with Crippen LogP contribution in [0.1, 0.15) is 21.9 Å². The van der Waals surface area contributed by atoms with Gasteiger partial charge >= 0.3 is 0 Å². The van der Waals surface area contributed by atoms with Crippen molar-refractivity contribution in [3.05, 3.63) is 118 Å². The SMILES string of the molecule is COc1ccc(OC)c(-n2c(S[C@H](C(=O)Nc3cc(C)ccc3C)c3ccccc3)nc3ccccc3c2=O)c1. The van der Waals surface area contributed by atoms with E-state index in [2.05, 4.69) is 5.32 Å². The quantitative estimate of drug-likeness (QED) is 0.175. The molecule has 0 aliphatic rings. The lowest BCUT2D eigenvalue weighted by Crippen LogP contribution is -2.25. The number of ether oxygens (including phenoxy) is 2. The summed E-state index contributed by atoms with van der Waals surface area (Å²) in [5, 5.41) is 3.19. The molecular formula is C32H29N3O4S. The van der Waals surface area contributed by atoms with Crippen LogP contribution in [0, 0.1) is 13.8 Å². The van der Waals surface area contributed by atoms with Gasteiger partial charge in [0.2, 0.25) is 5.91 Å². The second-order valence-corrected chi connectivity index (χ2v) is 10.4. The maximum atomic E-state index is 14.0. The Morgan fingerprint density at radius 3 is 2.40 bits per heavy atom. The van der Waals surface area contributed by atoms with Crippen LogP contribution < -0.4 is 20.3 Å². The van der Waals surface area contributed by atoms with E-state index >= 15 is 0 Å². The first-order chi connectivity index (χ1) is 19.4. The summed E-state index contributed by atoms with van der Waals surface area (Å²) >= 11 is 1.21. The molecule has 0 unspecified atom stereocenters. The van der Waals surface area contributed by atoms with Crippen LogP contribution in [-0.4, -0.2) is 29.7 Å². The third kappa shape index (κ3) is 5.44. The average Bonchev–Trinajstić information content (AvgIpc) is 2.98. The molecule has 0 aliphatic carbocycles. The lowest BCUT2D eigenvalue weighted by atomic mass is 10.1. The fourth-order valence-electron chi connectivity index (χ4n) is 4.45. The van der Waals surface area contributed by atoms with Gasteiger partial charge in [0.05, 0.1) is 30.8 Å². The predicted molar refractivity (Wildman–Crippen MR) is 160 cm³/mol. The van der Waals surface area contributed by atoms with Crippen molar-refractivity contribution < 1.29 is 14.3 Å². The Hall–Kier alpha value is -4.56. The summed E-state index contributed by atoms with van der Waals surface area (Å²) in [5.74, 6) is 0.800. The number of carbonyl (C=O) groups excluding carboxylic acids is 1. The second kappa shape index (κ2) is 11.7. The molecule has 1 aromatic heterocycles. The third-order valence-electron chi connectivity index (χ3n) is 6.59. The van der Waals surface area contributed by atoms with Crippen LogP contribution >= 0.6 is 11.8 Å². The largest absolute Gasteiger partial charge is 0.497 e. The first kappa shape index (κ1) is 27.0. The zero-order valence-electron chi connectivity index (χ0n) is 22.7. The zero-order chi connectivity index (χ0) is 28.2. The molecule has 1 atom stereocenters. The second-order valence-electron chi connectivity index (χ2n) is 9.31. The van der Waals surface area contributed by atoms with Gasteiger partial charge in [0, 0.05) is 11.8 Å². The molecule has 4 aromatic carbocycles. The fraction of sp³-hybridized carbons (Fsp3) is 0.156. The summed E-state index contributed by atoms with van der Waals surface area (Å²) in [6.07, 6.45) is 0. The van der Waals surface area contributed by atoms with Crippen molar-refractivity contribution in [2.75, 3.05) is 19.5 Å². The van der Waals surface area contributed by atoms with Gasteiger partial charge in [-0.2, -0.15) is 0 Å². The van der Waals surface area contributed by atoms with E-state index in [1.807, 2.05) is 68.4 Å². The summed E-state index contributed by atoms with van der Waals surface area (Å²) in [6.45, 7) is 3.94. The van der Waals surface area contributed by atoms with Gasteiger partial charge in [-0.1, -0.05) is 66.4 Å². The summed E-state index contributed by atoms with van der Waals surface area (Å²) in [7, 11) is 3.10. The summed E-state index contributed by atoms with van der Waals surface area (Å²) < 4.78 is 12.6. The number of rotatable bonds is 8. The minimum absolute atomic E-state index is 0.225. The molecule has 0 saturated carbocycles. The van der Waals surface area contributed by atoms with Gasteiger partial charge in [0.25, 0.3) is 5.56 Å². The summed E-state index contributed by atoms with van der Waals surface area (Å²) in [6, 6.07) is 27.8. The van der Waals surface area contributed by atoms with E-state index in [0.29, 0.717) is 33.2 Å². The van der Waals surface area contributed by atoms with E-state index < -0.39 is 5.25 Å². The van der Waals surface area contributed by atoms with Crippen molar-refractivity contribution in [3.8, 4) is 17.2 Å². The lowest BCUT2D eigenvalue weighted by molar-refractivity contribution is -0.115. The van der Waals surface area contributed by atoms with Crippen LogP contribution in [-0.2, 0) is 4.79 Å². The molecular weight excluding hydrogens is 522 g/mol. The predicted octanol–water partition coefficient (Wildman–Crippen LogP) is 6.49. The molecule has 1 amide bonds. The van der Waals surface area contributed by atoms with Gasteiger partial charge in [0.1, 0.15) is 16.7 Å². The van der Waals surface area contributed by atoms with Gasteiger partial charge in [-0.3, -0.25) is 14.2 Å². The van der Waals surface area contributed by atoms with Crippen LogP contribution in [0.15, 0.2) is 101 Å². The van der Waals surface area contributed by atoms with Crippen LogP contribution in [0.25, 0.3) is 16.6 Å². The summed E-state index contributed by atoms with van der Waals surface area (Å²) in [5.41, 5.74) is 4.25. The molecule has 0 saturated heterocycles. The number of anilines is 1. The van der Waals surface area contributed by atoms with Gasteiger partial charge < -0.3 is 14.8 Å². The molecule has 0 aliphatic heterocycles. The van der Waals surface area contributed by atoms with E-state index in [9.17, 15) is 9.59 Å². The van der Waals surface area contributed by atoms with Crippen molar-refractivity contribution in [2.45, 2.75) is 24.3 Å². The van der Waals surface area contributed by atoms with Gasteiger partial charge in [-0.25, -0.2) is 4.98 Å². The Morgan fingerprint density at radius 1 is 0.900 bits per heavy atom. The van der Waals surface area contributed by atoms with Gasteiger partial charge in [-0.05, 0) is 60.9 Å². The number of carbonyl (C=O) groups is 1. The number of amides is 1. The Balaban J connectivity index is 1.69. The highest BCUT2D eigenvalue weighted by molar-refractivity contribution is 8.00. The van der Waals surface area contributed by atoms with Gasteiger partial charge in [0.15, 0.2) is 5.16 Å². The van der Waals surface area contributed by atoms with Crippen molar-refractivity contribution in [1.82, 2.24) is 9.55 Å². The molecule has 5 aromatic rings. The van der Waals surface area contributed by atoms with E-state index in [0.717, 1.165) is 22.4 Å². The van der Waals surface area contributed by atoms with E-state index in [-0.39, 0.29) is 11.5 Å². The van der Waals surface area contributed by atoms with Gasteiger partial charge in [-0.15, -0.1) is 0 Å². The number of hydrogen-bond acceptors (Lipinski definition) is 6. The number of hydrogen-bond donors (Lipinski definition) is 1. The van der Waals surface area contributed by atoms with E-state index in [1.54, 1.807) is 50.6 Å². The van der Waals surface area contributed by atoms with Crippen LogP contribution in [0.4, 0.5) is 5.69 Å². The molecule has 0 fully saturated rings. The van der Waals surface area contributed by atoms with Crippen molar-refractivity contribution in [2.24, 2.45) is 0 Å². The van der Waals surface area contributed by atoms with Crippen molar-refractivity contribution in [3.63, 3.8) is 0 Å². The van der Waals surface area contributed by atoms with Crippen LogP contribution in [0.3, 0.4) is 0 Å². The molecule has 1 N–H and O–H groups in total. The Kier molecular flexibility index (Phi) is 7.89. The average molecular weight is 552 g/mol. The smallest absolute Gasteiger partial charge is 0.266 e. The minimum Gasteiger partial charge on any atom is -0.497 e. The number of thioether (sulfide) groups is 1. The number of methoxy groups -OCH3 is 2. The fourth-order valence-corrected chi connectivity index (χ4v) is 5.56. The van der Waals surface area contributed by atoms with Crippen LogP contribution in [0.2, 0.25) is 0 Å². The zero-order valence-corrected chi connectivity index (χ0v) is 23.5. The summed E-state index contributed by atoms with van der Waals surface area (Å²) in [4.78, 5) is 32.8. The standard InChI is InChI=1S/C32H29N3O4S/c1-20-14-15-21(2)26(18-20)33-30(36)29(22-10-6-5-7-11-22)40-32-34-25-13-9-8-12-24(25)31(37)35(32)27-19-23(38-3)16-17-28(27)39-4/h5-19,29H,1-4H3,(H,33,36)/t29-/m0/s1. The molecule has 8 heteroatoms. The van der Waals surface area contributed by atoms with Crippen molar-refractivity contribution in [1.29, 1.82) is 0 Å². The normalized spacial score (nSPS) is 11.7. The number of nitrogens with zero attached hydrogens (tertiary/aromatic N) is 2. The molecule has 202 valence electrons. The molecule has 5 rings (SSSR count). The number of benzene rings is 4. The van der Waals surface area contributed by atoms with E-state index in [4.69, 9.17) is 14.5 Å². The first-order valence-corrected chi connectivity index (χ1v) is 13.6. The molecule has 0 spiro atoms. The highest BCUT2D eigenvalue weighted by atomic mass is 32.2. The molecule has 0 radical (unpaired) electrons. The Bertz CT molecular complexity index is 1750. The minimum atomic E-state index is -0.711. The number of para-hydroxylation sites is 1. The highest BCUT2D eigenvalue weighted by Gasteiger charge is 2.27. The van der Waals surface area contributed by atoms with Crippen LogP contribution in [0.5, 0.6) is 11.5 Å². The number of fused-ring (bicyclic) bond motifs is 1. The third-order valence-corrected chi connectivity index (χ3v) is 7.79. The topological polar surface area (TPSA) is 82.4 Å². The van der Waals surface area contributed by atoms with E-state index in [1.165, 1.54) is 16.3 Å². The molecule has 0 bridgehead atoms.